The molecule has 0 radical (unpaired) electrons. The highest BCUT2D eigenvalue weighted by molar-refractivity contribution is 5.79. The summed E-state index contributed by atoms with van der Waals surface area (Å²) in [7, 11) is 0. The lowest BCUT2D eigenvalue weighted by atomic mass is 9.98. The van der Waals surface area contributed by atoms with E-state index in [1.807, 2.05) is 0 Å². The molecule has 0 spiro atoms. The van der Waals surface area contributed by atoms with Gasteiger partial charge in [0.2, 0.25) is 5.91 Å². The summed E-state index contributed by atoms with van der Waals surface area (Å²) in [4.78, 5) is 20.0. The van der Waals surface area contributed by atoms with Crippen LogP contribution in [0, 0.1) is 19.8 Å². The van der Waals surface area contributed by atoms with Crippen LogP contribution in [0.15, 0.2) is 36.4 Å². The maximum Gasteiger partial charge on any atom is 0.226 e. The summed E-state index contributed by atoms with van der Waals surface area (Å²) >= 11 is 0. The molecule has 1 saturated carbocycles. The van der Waals surface area contributed by atoms with Crippen LogP contribution >= 0.6 is 0 Å². The Morgan fingerprint density at radius 1 is 1.07 bits per heavy atom. The Hall–Kier alpha value is -2.16. The van der Waals surface area contributed by atoms with E-state index in [0.29, 0.717) is 5.91 Å². The molecule has 1 aromatic carbocycles. The topological polar surface area (TPSA) is 33.2 Å². The lowest BCUT2D eigenvalue weighted by Gasteiger charge is -2.27. The molecular weight excluding hydrogens is 332 g/mol. The van der Waals surface area contributed by atoms with Crippen LogP contribution < -0.4 is 0 Å². The number of carbonyl (C=O) groups is 1. The summed E-state index contributed by atoms with van der Waals surface area (Å²) in [5, 5.41) is 0. The van der Waals surface area contributed by atoms with Gasteiger partial charge in [0, 0.05) is 18.2 Å². The van der Waals surface area contributed by atoms with Crippen LogP contribution in [0.25, 0.3) is 0 Å². The number of likely N-dealkylation sites (tertiary alicyclic amines) is 1. The van der Waals surface area contributed by atoms with Gasteiger partial charge in [-0.2, -0.15) is 0 Å². The summed E-state index contributed by atoms with van der Waals surface area (Å²) in [6.45, 7) is 5.13. The summed E-state index contributed by atoms with van der Waals surface area (Å²) < 4.78 is 0. The first-order chi connectivity index (χ1) is 13.1. The number of hydrogen-bond acceptors (Lipinski definition) is 2. The average Bonchev–Trinajstić information content (AvgIpc) is 3.35. The number of pyridine rings is 1. The Labute approximate surface area is 162 Å². The molecule has 0 bridgehead atoms. The summed E-state index contributed by atoms with van der Waals surface area (Å²) in [5.41, 5.74) is 6.12. The van der Waals surface area contributed by atoms with E-state index >= 15 is 0 Å². The minimum atomic E-state index is 0.161. The average molecular weight is 363 g/mol. The number of aryl methyl sites for hydroxylation is 2. The summed E-state index contributed by atoms with van der Waals surface area (Å²) in [5.74, 6) is 0.626. The first-order valence-electron chi connectivity index (χ1n) is 10.4. The molecule has 1 aliphatic heterocycles. The van der Waals surface area contributed by atoms with E-state index in [0.717, 1.165) is 50.0 Å². The second-order valence-electron chi connectivity index (χ2n) is 8.32. The zero-order valence-corrected chi connectivity index (χ0v) is 16.6. The molecule has 1 atom stereocenters. The van der Waals surface area contributed by atoms with Gasteiger partial charge in [-0.3, -0.25) is 9.78 Å². The van der Waals surface area contributed by atoms with Gasteiger partial charge in [0.15, 0.2) is 0 Å². The van der Waals surface area contributed by atoms with Crippen LogP contribution in [-0.4, -0.2) is 22.3 Å². The van der Waals surface area contributed by atoms with E-state index in [-0.39, 0.29) is 12.0 Å². The SMILES string of the molecule is Cc1cc(Cc2ccccc2C)cc([C@@H]2CCCN2C(=O)C2CCCC2)n1. The Kier molecular flexibility index (Phi) is 5.29. The van der Waals surface area contributed by atoms with Crippen molar-refractivity contribution in [2.45, 2.75) is 64.8 Å². The fourth-order valence-electron chi connectivity index (χ4n) is 4.81. The molecule has 4 rings (SSSR count). The van der Waals surface area contributed by atoms with Gasteiger partial charge in [0.1, 0.15) is 0 Å². The molecule has 3 heteroatoms. The zero-order valence-electron chi connectivity index (χ0n) is 16.6. The fourth-order valence-corrected chi connectivity index (χ4v) is 4.81. The van der Waals surface area contributed by atoms with Crippen molar-refractivity contribution < 1.29 is 4.79 Å². The number of amides is 1. The highest BCUT2D eigenvalue weighted by Gasteiger charge is 2.35. The van der Waals surface area contributed by atoms with Crippen LogP contribution in [-0.2, 0) is 11.2 Å². The molecule has 0 N–H and O–H groups in total. The van der Waals surface area contributed by atoms with Crippen LogP contribution in [0.4, 0.5) is 0 Å². The van der Waals surface area contributed by atoms with Gasteiger partial charge in [-0.25, -0.2) is 0 Å². The molecular formula is C24H30N2O. The highest BCUT2D eigenvalue weighted by atomic mass is 16.2. The molecule has 2 aromatic rings. The normalized spacial score (nSPS) is 20.4. The highest BCUT2D eigenvalue weighted by Crippen LogP contribution is 2.36. The van der Waals surface area contributed by atoms with E-state index in [1.54, 1.807) is 0 Å². The number of carbonyl (C=O) groups excluding carboxylic acids is 1. The first-order valence-corrected chi connectivity index (χ1v) is 10.4. The molecule has 1 saturated heterocycles. The predicted octanol–water partition coefficient (Wildman–Crippen LogP) is 5.14. The molecule has 1 amide bonds. The third-order valence-electron chi connectivity index (χ3n) is 6.27. The fraction of sp³-hybridized carbons (Fsp3) is 0.500. The van der Waals surface area contributed by atoms with Gasteiger partial charge in [-0.1, -0.05) is 37.1 Å². The van der Waals surface area contributed by atoms with Crippen molar-refractivity contribution >= 4 is 5.91 Å². The van der Waals surface area contributed by atoms with Crippen molar-refractivity contribution in [2.75, 3.05) is 6.54 Å². The van der Waals surface area contributed by atoms with Crippen LogP contribution in [0.2, 0.25) is 0 Å². The molecule has 2 fully saturated rings. The monoisotopic (exact) mass is 362 g/mol. The van der Waals surface area contributed by atoms with Crippen molar-refractivity contribution in [1.82, 2.24) is 9.88 Å². The Morgan fingerprint density at radius 2 is 1.85 bits per heavy atom. The predicted molar refractivity (Wildman–Crippen MR) is 109 cm³/mol. The Morgan fingerprint density at radius 3 is 2.63 bits per heavy atom. The van der Waals surface area contributed by atoms with Crippen molar-refractivity contribution in [1.29, 1.82) is 0 Å². The molecule has 1 aliphatic carbocycles. The van der Waals surface area contributed by atoms with Gasteiger partial charge in [0.05, 0.1) is 11.7 Å². The van der Waals surface area contributed by atoms with Crippen molar-refractivity contribution in [3.05, 3.63) is 64.5 Å². The van der Waals surface area contributed by atoms with Gasteiger partial charge in [0.25, 0.3) is 0 Å². The third kappa shape index (κ3) is 3.92. The van der Waals surface area contributed by atoms with Crippen molar-refractivity contribution in [3.63, 3.8) is 0 Å². The summed E-state index contributed by atoms with van der Waals surface area (Å²) in [6.07, 6.45) is 7.61. The standard InChI is InChI=1S/C24H30N2O/c1-17-8-3-4-11-21(17)15-19-14-18(2)25-22(16-19)23-12-7-13-26(23)24(27)20-9-5-6-10-20/h3-4,8,11,14,16,20,23H,5-7,9-10,12-13,15H2,1-2H3/t23-/m0/s1. The minimum Gasteiger partial charge on any atom is -0.334 e. The smallest absolute Gasteiger partial charge is 0.226 e. The number of nitrogens with zero attached hydrogens (tertiary/aromatic N) is 2. The zero-order chi connectivity index (χ0) is 18.8. The first kappa shape index (κ1) is 18.2. The van der Waals surface area contributed by atoms with E-state index in [2.05, 4.69) is 55.1 Å². The lowest BCUT2D eigenvalue weighted by molar-refractivity contribution is -0.136. The molecule has 3 nitrogen and oxygen atoms in total. The maximum atomic E-state index is 13.0. The molecule has 27 heavy (non-hydrogen) atoms. The van der Waals surface area contributed by atoms with Gasteiger partial charge >= 0.3 is 0 Å². The quantitative estimate of drug-likeness (QED) is 0.754. The summed E-state index contributed by atoms with van der Waals surface area (Å²) in [6, 6.07) is 13.2. The van der Waals surface area contributed by atoms with Gasteiger partial charge in [-0.15, -0.1) is 0 Å². The van der Waals surface area contributed by atoms with E-state index in [4.69, 9.17) is 4.98 Å². The van der Waals surface area contributed by atoms with E-state index < -0.39 is 0 Å². The van der Waals surface area contributed by atoms with Gasteiger partial charge < -0.3 is 4.90 Å². The third-order valence-corrected chi connectivity index (χ3v) is 6.27. The van der Waals surface area contributed by atoms with Crippen molar-refractivity contribution in [3.8, 4) is 0 Å². The van der Waals surface area contributed by atoms with E-state index in [1.165, 1.54) is 29.5 Å². The second-order valence-corrected chi connectivity index (χ2v) is 8.32. The number of aromatic nitrogens is 1. The molecule has 0 unspecified atom stereocenters. The number of rotatable bonds is 4. The maximum absolute atomic E-state index is 13.0. The van der Waals surface area contributed by atoms with Crippen LogP contribution in [0.1, 0.15) is 72.6 Å². The molecule has 2 heterocycles. The number of hydrogen-bond donors (Lipinski definition) is 0. The number of benzene rings is 1. The van der Waals surface area contributed by atoms with Crippen LogP contribution in [0.5, 0.6) is 0 Å². The van der Waals surface area contributed by atoms with Crippen LogP contribution in [0.3, 0.4) is 0 Å². The van der Waals surface area contributed by atoms with Gasteiger partial charge in [-0.05, 0) is 74.8 Å². The minimum absolute atomic E-state index is 0.161. The second kappa shape index (κ2) is 7.84. The van der Waals surface area contributed by atoms with E-state index in [9.17, 15) is 4.79 Å². The Bertz CT molecular complexity index is 823. The molecule has 2 aliphatic rings. The lowest BCUT2D eigenvalue weighted by Crippen LogP contribution is -2.35. The van der Waals surface area contributed by atoms with Crippen molar-refractivity contribution in [2.24, 2.45) is 5.92 Å². The Balaban J connectivity index is 1.58. The molecule has 1 aromatic heterocycles. The molecule has 142 valence electrons. The largest absolute Gasteiger partial charge is 0.334 e.